The summed E-state index contributed by atoms with van der Waals surface area (Å²) in [6.07, 6.45) is 6.03. The molecular formula is C24H34BrN5O2. The van der Waals surface area contributed by atoms with E-state index >= 15 is 0 Å². The van der Waals surface area contributed by atoms with Crippen molar-refractivity contribution in [3.8, 4) is 0 Å². The molecule has 2 N–H and O–H groups in total. The zero-order valence-corrected chi connectivity index (χ0v) is 21.3. The number of carbonyl (C=O) groups is 1. The van der Waals surface area contributed by atoms with Gasteiger partial charge in [0, 0.05) is 18.4 Å². The molecule has 3 rings (SSSR count). The molecule has 2 aromatic rings. The maximum Gasteiger partial charge on any atom is 0.283 e. The molecule has 7 nitrogen and oxygen atoms in total. The average Bonchev–Trinajstić information content (AvgIpc) is 2.76. The van der Waals surface area contributed by atoms with Gasteiger partial charge in [-0.3, -0.25) is 14.6 Å². The fraction of sp³-hybridized carbons (Fsp3) is 0.583. The number of hydrogen-bond acceptors (Lipinski definition) is 5. The Morgan fingerprint density at radius 2 is 1.94 bits per heavy atom. The van der Waals surface area contributed by atoms with Crippen LogP contribution in [0.4, 0.5) is 5.69 Å². The van der Waals surface area contributed by atoms with E-state index in [0.29, 0.717) is 27.9 Å². The van der Waals surface area contributed by atoms with Crippen molar-refractivity contribution in [3.63, 3.8) is 0 Å². The van der Waals surface area contributed by atoms with Gasteiger partial charge in [0.1, 0.15) is 11.0 Å². The summed E-state index contributed by atoms with van der Waals surface area (Å²) in [6, 6.07) is 3.76. The molecule has 0 saturated heterocycles. The first-order chi connectivity index (χ1) is 15.0. The topological polar surface area (TPSA) is 88.9 Å². The molecule has 1 saturated carbocycles. The van der Waals surface area contributed by atoms with Gasteiger partial charge in [0.15, 0.2) is 0 Å². The second kappa shape index (κ2) is 9.73. The minimum atomic E-state index is -0.327. The maximum atomic E-state index is 12.9. The highest BCUT2D eigenvalue weighted by atomic mass is 79.9. The van der Waals surface area contributed by atoms with Gasteiger partial charge in [0.2, 0.25) is 5.91 Å². The van der Waals surface area contributed by atoms with Crippen LogP contribution in [0.3, 0.4) is 0 Å². The molecule has 0 spiro atoms. The van der Waals surface area contributed by atoms with E-state index in [9.17, 15) is 9.59 Å². The SMILES string of the molecule is CC(NC(=O)Cn1ncc(N[C@@H]2C[C@H](C)C(C)(C)[C@H](C)[C@H]2C)c(Br)c1=O)c1ccncc1. The summed E-state index contributed by atoms with van der Waals surface area (Å²) in [5, 5.41) is 10.7. The monoisotopic (exact) mass is 503 g/mol. The van der Waals surface area contributed by atoms with E-state index in [1.54, 1.807) is 18.6 Å². The second-order valence-corrected chi connectivity index (χ2v) is 10.6. The second-order valence-electron chi connectivity index (χ2n) is 9.76. The van der Waals surface area contributed by atoms with E-state index in [-0.39, 0.29) is 35.5 Å². The average molecular weight is 504 g/mol. The van der Waals surface area contributed by atoms with Crippen LogP contribution in [-0.2, 0) is 11.3 Å². The van der Waals surface area contributed by atoms with E-state index in [0.717, 1.165) is 12.0 Å². The maximum absolute atomic E-state index is 12.9. The first-order valence-electron chi connectivity index (χ1n) is 11.2. The molecule has 1 amide bonds. The van der Waals surface area contributed by atoms with E-state index in [4.69, 9.17) is 0 Å². The van der Waals surface area contributed by atoms with Crippen molar-refractivity contribution < 1.29 is 4.79 Å². The summed E-state index contributed by atoms with van der Waals surface area (Å²) in [5.41, 5.74) is 1.57. The van der Waals surface area contributed by atoms with Gasteiger partial charge in [-0.15, -0.1) is 0 Å². The first kappa shape index (κ1) is 24.4. The van der Waals surface area contributed by atoms with Crippen LogP contribution in [0.1, 0.15) is 59.6 Å². The van der Waals surface area contributed by atoms with Crippen molar-refractivity contribution in [1.29, 1.82) is 0 Å². The highest BCUT2D eigenvalue weighted by molar-refractivity contribution is 9.10. The van der Waals surface area contributed by atoms with Gasteiger partial charge < -0.3 is 10.6 Å². The van der Waals surface area contributed by atoms with Crippen LogP contribution in [0.15, 0.2) is 40.0 Å². The molecule has 0 bridgehead atoms. The minimum Gasteiger partial charge on any atom is -0.380 e. The number of nitrogens with zero attached hydrogens (tertiary/aromatic N) is 3. The third kappa shape index (κ3) is 5.05. The Balaban J connectivity index is 1.69. The van der Waals surface area contributed by atoms with E-state index < -0.39 is 0 Å². The lowest BCUT2D eigenvalue weighted by Crippen LogP contribution is -2.48. The largest absolute Gasteiger partial charge is 0.380 e. The highest BCUT2D eigenvalue weighted by Crippen LogP contribution is 2.48. The van der Waals surface area contributed by atoms with Crippen LogP contribution in [0.25, 0.3) is 0 Å². The van der Waals surface area contributed by atoms with E-state index in [1.807, 2.05) is 19.1 Å². The molecule has 5 atom stereocenters. The normalized spacial score (nSPS) is 25.7. The smallest absolute Gasteiger partial charge is 0.283 e. The van der Waals surface area contributed by atoms with Gasteiger partial charge in [-0.2, -0.15) is 5.10 Å². The van der Waals surface area contributed by atoms with E-state index in [1.165, 1.54) is 4.68 Å². The zero-order valence-electron chi connectivity index (χ0n) is 19.7. The van der Waals surface area contributed by atoms with Crippen LogP contribution in [-0.4, -0.2) is 26.7 Å². The Morgan fingerprint density at radius 1 is 1.28 bits per heavy atom. The Bertz CT molecular complexity index is 1010. The lowest BCUT2D eigenvalue weighted by atomic mass is 9.58. The third-order valence-corrected chi connectivity index (χ3v) is 8.44. The van der Waals surface area contributed by atoms with E-state index in [2.05, 4.69) is 71.3 Å². The van der Waals surface area contributed by atoms with Crippen LogP contribution < -0.4 is 16.2 Å². The zero-order chi connectivity index (χ0) is 23.6. The minimum absolute atomic E-state index is 0.144. The van der Waals surface area contributed by atoms with Gasteiger partial charge in [0.05, 0.1) is 17.9 Å². The van der Waals surface area contributed by atoms with Gasteiger partial charge in [-0.05, 0) is 70.1 Å². The Hall–Kier alpha value is -2.22. The molecule has 8 heteroatoms. The quantitative estimate of drug-likeness (QED) is 0.609. The Labute approximate surface area is 198 Å². The fourth-order valence-corrected chi connectivity index (χ4v) is 5.02. The number of amides is 1. The van der Waals surface area contributed by atoms with Crippen LogP contribution in [0.2, 0.25) is 0 Å². The molecule has 1 unspecified atom stereocenters. The van der Waals surface area contributed by atoms with Gasteiger partial charge in [-0.25, -0.2) is 4.68 Å². The molecule has 2 aromatic heterocycles. The summed E-state index contributed by atoms with van der Waals surface area (Å²) < 4.78 is 1.59. The van der Waals surface area contributed by atoms with Crippen molar-refractivity contribution in [1.82, 2.24) is 20.1 Å². The summed E-state index contributed by atoms with van der Waals surface area (Å²) in [7, 11) is 0. The summed E-state index contributed by atoms with van der Waals surface area (Å²) >= 11 is 3.43. The highest BCUT2D eigenvalue weighted by Gasteiger charge is 2.43. The number of hydrogen-bond donors (Lipinski definition) is 2. The van der Waals surface area contributed by atoms with Crippen molar-refractivity contribution in [2.24, 2.45) is 23.2 Å². The number of pyridine rings is 1. The molecule has 32 heavy (non-hydrogen) atoms. The van der Waals surface area contributed by atoms with Crippen LogP contribution in [0.5, 0.6) is 0 Å². The van der Waals surface area contributed by atoms with Crippen molar-refractivity contribution in [3.05, 3.63) is 51.1 Å². The summed E-state index contributed by atoms with van der Waals surface area (Å²) in [4.78, 5) is 29.3. The Kier molecular flexibility index (Phi) is 7.43. The lowest BCUT2D eigenvalue weighted by molar-refractivity contribution is -0.122. The van der Waals surface area contributed by atoms with Gasteiger partial charge in [-0.1, -0.05) is 34.6 Å². The molecule has 1 fully saturated rings. The van der Waals surface area contributed by atoms with Gasteiger partial charge in [0.25, 0.3) is 5.56 Å². The van der Waals surface area contributed by atoms with Gasteiger partial charge >= 0.3 is 0 Å². The first-order valence-corrected chi connectivity index (χ1v) is 12.0. The summed E-state index contributed by atoms with van der Waals surface area (Å²) in [6.45, 7) is 13.3. The predicted octanol–water partition coefficient (Wildman–Crippen LogP) is 4.40. The lowest BCUT2D eigenvalue weighted by Gasteiger charge is -2.50. The Morgan fingerprint density at radius 3 is 2.59 bits per heavy atom. The number of nitrogens with one attached hydrogen (secondary N) is 2. The molecule has 1 aliphatic rings. The molecule has 0 radical (unpaired) electrons. The number of carbonyl (C=O) groups excluding carboxylic acids is 1. The van der Waals surface area contributed by atoms with Crippen molar-refractivity contribution in [2.45, 2.75) is 66.6 Å². The number of rotatable bonds is 6. The van der Waals surface area contributed by atoms with Crippen LogP contribution in [0, 0.1) is 23.2 Å². The fourth-order valence-electron chi connectivity index (χ4n) is 4.60. The predicted molar refractivity (Wildman–Crippen MR) is 130 cm³/mol. The van der Waals surface area contributed by atoms with Crippen molar-refractivity contribution in [2.75, 3.05) is 5.32 Å². The number of aromatic nitrogens is 3. The molecule has 174 valence electrons. The third-order valence-electron chi connectivity index (χ3n) is 7.68. The van der Waals surface area contributed by atoms with Crippen LogP contribution >= 0.6 is 15.9 Å². The standard InChI is InChI=1S/C24H34BrN5O2/c1-14-11-19(15(2)16(3)24(14,5)6)29-20-12-27-30(23(32)22(20)25)13-21(31)28-17(4)18-7-9-26-10-8-18/h7-10,12,14-17,19,29H,11,13H2,1-6H3,(H,28,31)/t14-,15+,16+,17?,19+/m0/s1. The number of anilines is 1. The molecular weight excluding hydrogens is 470 g/mol. The summed E-state index contributed by atoms with van der Waals surface area (Å²) in [5.74, 6) is 1.28. The molecule has 0 aliphatic heterocycles. The molecule has 1 aliphatic carbocycles. The van der Waals surface area contributed by atoms with Crippen molar-refractivity contribution >= 4 is 27.5 Å². The molecule has 0 aromatic carbocycles. The number of halogens is 1. The molecule has 2 heterocycles.